The van der Waals surface area contributed by atoms with Crippen molar-refractivity contribution in [1.82, 2.24) is 10.2 Å². The van der Waals surface area contributed by atoms with Gasteiger partial charge in [-0.15, -0.1) is 0 Å². The lowest BCUT2D eigenvalue weighted by Gasteiger charge is -2.39. The fraction of sp³-hybridized carbons (Fsp3) is 0.833. The summed E-state index contributed by atoms with van der Waals surface area (Å²) in [6, 6.07) is 0. The van der Waals surface area contributed by atoms with Crippen LogP contribution in [0.2, 0.25) is 0 Å². The van der Waals surface area contributed by atoms with E-state index in [1.54, 1.807) is 4.90 Å². The van der Waals surface area contributed by atoms with E-state index in [-0.39, 0.29) is 18.4 Å². The molecule has 16 heavy (non-hydrogen) atoms. The highest BCUT2D eigenvalue weighted by atomic mass is 16.2. The maximum atomic E-state index is 12.2. The van der Waals surface area contributed by atoms with Crippen LogP contribution >= 0.6 is 0 Å². The van der Waals surface area contributed by atoms with E-state index >= 15 is 0 Å². The van der Waals surface area contributed by atoms with Crippen LogP contribution in [-0.2, 0) is 9.59 Å². The van der Waals surface area contributed by atoms with E-state index in [9.17, 15) is 9.59 Å². The molecule has 0 aromatic carbocycles. The van der Waals surface area contributed by atoms with Crippen molar-refractivity contribution in [2.45, 2.75) is 45.1 Å². The van der Waals surface area contributed by atoms with Crippen LogP contribution in [0, 0.1) is 5.92 Å². The standard InChI is InChI=1S/C12H20N2O2/c1-3-12(2)11(16)14(8-10(15)13-12)7-6-9-4-5-9/h9H,3-8H2,1-2H3,(H,13,15). The van der Waals surface area contributed by atoms with Crippen molar-refractivity contribution in [3.05, 3.63) is 0 Å². The van der Waals surface area contributed by atoms with E-state index in [1.807, 2.05) is 13.8 Å². The average molecular weight is 224 g/mol. The third-order valence-corrected chi connectivity index (χ3v) is 3.72. The zero-order valence-corrected chi connectivity index (χ0v) is 10.1. The summed E-state index contributed by atoms with van der Waals surface area (Å²) in [5, 5.41) is 2.80. The lowest BCUT2D eigenvalue weighted by atomic mass is 9.94. The van der Waals surface area contributed by atoms with Gasteiger partial charge in [-0.3, -0.25) is 9.59 Å². The molecule has 0 radical (unpaired) electrons. The highest BCUT2D eigenvalue weighted by Crippen LogP contribution is 2.32. The fourth-order valence-corrected chi connectivity index (χ4v) is 2.16. The van der Waals surface area contributed by atoms with Crippen LogP contribution < -0.4 is 5.32 Å². The fourth-order valence-electron chi connectivity index (χ4n) is 2.16. The molecule has 2 fully saturated rings. The molecule has 2 aliphatic rings. The maximum absolute atomic E-state index is 12.2. The molecule has 0 aromatic rings. The molecule has 0 spiro atoms. The number of rotatable bonds is 4. The Morgan fingerprint density at radius 3 is 2.69 bits per heavy atom. The molecule has 0 aromatic heterocycles. The van der Waals surface area contributed by atoms with Gasteiger partial charge in [0, 0.05) is 6.54 Å². The SMILES string of the molecule is CCC1(C)NC(=O)CN(CCC2CC2)C1=O. The molecule has 2 rings (SSSR count). The Morgan fingerprint density at radius 2 is 2.12 bits per heavy atom. The van der Waals surface area contributed by atoms with Gasteiger partial charge in [0.2, 0.25) is 11.8 Å². The molecule has 1 aliphatic carbocycles. The lowest BCUT2D eigenvalue weighted by molar-refractivity contribution is -0.149. The maximum Gasteiger partial charge on any atom is 0.248 e. The Bertz CT molecular complexity index is 312. The smallest absolute Gasteiger partial charge is 0.248 e. The van der Waals surface area contributed by atoms with Gasteiger partial charge in [0.1, 0.15) is 5.54 Å². The Balaban J connectivity index is 1.99. The Kier molecular flexibility index (Phi) is 2.91. The predicted octanol–water partition coefficient (Wildman–Crippen LogP) is 0.914. The van der Waals surface area contributed by atoms with Crippen LogP contribution in [0.3, 0.4) is 0 Å². The zero-order chi connectivity index (χ0) is 11.8. The second-order valence-electron chi connectivity index (χ2n) is 5.19. The first-order valence-corrected chi connectivity index (χ1v) is 6.15. The molecular weight excluding hydrogens is 204 g/mol. The summed E-state index contributed by atoms with van der Waals surface area (Å²) in [5.41, 5.74) is -0.682. The van der Waals surface area contributed by atoms with Crippen LogP contribution in [0.5, 0.6) is 0 Å². The first-order chi connectivity index (χ1) is 7.55. The van der Waals surface area contributed by atoms with Crippen molar-refractivity contribution in [3.8, 4) is 0 Å². The summed E-state index contributed by atoms with van der Waals surface area (Å²) < 4.78 is 0. The third kappa shape index (κ3) is 2.20. The van der Waals surface area contributed by atoms with E-state index in [2.05, 4.69) is 5.32 Å². The number of nitrogens with zero attached hydrogens (tertiary/aromatic N) is 1. The summed E-state index contributed by atoms with van der Waals surface area (Å²) in [6.07, 6.45) is 4.29. The van der Waals surface area contributed by atoms with Gasteiger partial charge < -0.3 is 10.2 Å². The van der Waals surface area contributed by atoms with Gasteiger partial charge in [0.15, 0.2) is 0 Å². The van der Waals surface area contributed by atoms with Gasteiger partial charge in [0.05, 0.1) is 6.54 Å². The monoisotopic (exact) mass is 224 g/mol. The topological polar surface area (TPSA) is 49.4 Å². The molecule has 1 aliphatic heterocycles. The van der Waals surface area contributed by atoms with E-state index in [0.717, 1.165) is 18.9 Å². The molecule has 1 N–H and O–H groups in total. The lowest BCUT2D eigenvalue weighted by Crippen LogP contribution is -2.65. The second kappa shape index (κ2) is 4.07. The van der Waals surface area contributed by atoms with Gasteiger partial charge in [-0.1, -0.05) is 19.8 Å². The van der Waals surface area contributed by atoms with Crippen LogP contribution in [0.15, 0.2) is 0 Å². The van der Waals surface area contributed by atoms with Crippen LogP contribution in [0.25, 0.3) is 0 Å². The van der Waals surface area contributed by atoms with Crippen LogP contribution in [0.4, 0.5) is 0 Å². The van der Waals surface area contributed by atoms with Crippen molar-refractivity contribution in [1.29, 1.82) is 0 Å². The molecule has 0 bridgehead atoms. The number of hydrogen-bond donors (Lipinski definition) is 1. The molecule has 1 unspecified atom stereocenters. The highest BCUT2D eigenvalue weighted by Gasteiger charge is 2.41. The molecule has 90 valence electrons. The summed E-state index contributed by atoms with van der Waals surface area (Å²) >= 11 is 0. The normalized spacial score (nSPS) is 30.5. The van der Waals surface area contributed by atoms with Crippen molar-refractivity contribution in [3.63, 3.8) is 0 Å². The second-order valence-corrected chi connectivity index (χ2v) is 5.19. The Morgan fingerprint density at radius 1 is 1.44 bits per heavy atom. The number of carbonyl (C=O) groups is 2. The molecule has 1 atom stereocenters. The zero-order valence-electron chi connectivity index (χ0n) is 10.1. The summed E-state index contributed by atoms with van der Waals surface area (Å²) in [7, 11) is 0. The van der Waals surface area contributed by atoms with Crippen molar-refractivity contribution >= 4 is 11.8 Å². The number of piperazine rings is 1. The van der Waals surface area contributed by atoms with Gasteiger partial charge in [-0.2, -0.15) is 0 Å². The minimum atomic E-state index is -0.682. The van der Waals surface area contributed by atoms with Crippen molar-refractivity contribution in [2.75, 3.05) is 13.1 Å². The van der Waals surface area contributed by atoms with Crippen molar-refractivity contribution in [2.24, 2.45) is 5.92 Å². The number of nitrogens with one attached hydrogen (secondary N) is 1. The number of amides is 2. The van der Waals surface area contributed by atoms with Gasteiger partial charge in [-0.05, 0) is 25.7 Å². The summed E-state index contributed by atoms with van der Waals surface area (Å²) in [5.74, 6) is 0.848. The van der Waals surface area contributed by atoms with E-state index in [4.69, 9.17) is 0 Å². The average Bonchev–Trinajstić information content (AvgIpc) is 3.05. The molecule has 1 heterocycles. The third-order valence-electron chi connectivity index (χ3n) is 3.72. The summed E-state index contributed by atoms with van der Waals surface area (Å²) in [4.78, 5) is 25.4. The molecule has 2 amide bonds. The Labute approximate surface area is 96.4 Å². The minimum Gasteiger partial charge on any atom is -0.340 e. The van der Waals surface area contributed by atoms with Gasteiger partial charge in [0.25, 0.3) is 0 Å². The van der Waals surface area contributed by atoms with Crippen molar-refractivity contribution < 1.29 is 9.59 Å². The van der Waals surface area contributed by atoms with Gasteiger partial charge >= 0.3 is 0 Å². The van der Waals surface area contributed by atoms with Crippen LogP contribution in [0.1, 0.15) is 39.5 Å². The first-order valence-electron chi connectivity index (χ1n) is 6.15. The minimum absolute atomic E-state index is 0.0280. The molecular formula is C12H20N2O2. The summed E-state index contributed by atoms with van der Waals surface area (Å²) in [6.45, 7) is 4.73. The van der Waals surface area contributed by atoms with E-state index in [1.165, 1.54) is 12.8 Å². The largest absolute Gasteiger partial charge is 0.340 e. The van der Waals surface area contributed by atoms with E-state index in [0.29, 0.717) is 6.42 Å². The van der Waals surface area contributed by atoms with Gasteiger partial charge in [-0.25, -0.2) is 0 Å². The molecule has 1 saturated heterocycles. The number of carbonyl (C=O) groups excluding carboxylic acids is 2. The molecule has 4 heteroatoms. The molecule has 1 saturated carbocycles. The Hall–Kier alpha value is -1.06. The van der Waals surface area contributed by atoms with Crippen LogP contribution in [-0.4, -0.2) is 35.3 Å². The highest BCUT2D eigenvalue weighted by molar-refractivity contribution is 5.97. The first kappa shape index (κ1) is 11.4. The quantitative estimate of drug-likeness (QED) is 0.771. The number of hydrogen-bond acceptors (Lipinski definition) is 2. The van der Waals surface area contributed by atoms with E-state index < -0.39 is 5.54 Å². The molecule has 4 nitrogen and oxygen atoms in total. The predicted molar refractivity (Wildman–Crippen MR) is 60.8 cm³/mol.